The standard InChI is InChI=1S/C19H18BrN5O2/c1-24-18(26)10-16(15-6-7-21-12-22-15)23-19(24)25-8-9-27-17(11-25)13-2-4-14(20)5-3-13/h2-7,10,12,17H,8-9,11H2,1H3. The quantitative estimate of drug-likeness (QED) is 0.639. The van der Waals surface area contributed by atoms with Crippen molar-refractivity contribution in [3.8, 4) is 11.4 Å². The molecule has 4 rings (SSSR count). The van der Waals surface area contributed by atoms with Crippen molar-refractivity contribution in [2.75, 3.05) is 24.6 Å². The summed E-state index contributed by atoms with van der Waals surface area (Å²) in [6, 6.07) is 11.3. The van der Waals surface area contributed by atoms with Gasteiger partial charge in [0.15, 0.2) is 0 Å². The van der Waals surface area contributed by atoms with Crippen LogP contribution in [0.2, 0.25) is 0 Å². The van der Waals surface area contributed by atoms with Gasteiger partial charge in [0.25, 0.3) is 5.56 Å². The number of hydrogen-bond acceptors (Lipinski definition) is 6. The second-order valence-corrected chi connectivity index (χ2v) is 7.21. The Morgan fingerprint density at radius 1 is 1.19 bits per heavy atom. The number of aromatic nitrogens is 4. The van der Waals surface area contributed by atoms with Gasteiger partial charge in [0.1, 0.15) is 12.4 Å². The van der Waals surface area contributed by atoms with Crippen molar-refractivity contribution in [2.45, 2.75) is 6.10 Å². The summed E-state index contributed by atoms with van der Waals surface area (Å²) in [6.07, 6.45) is 3.01. The topological polar surface area (TPSA) is 73.1 Å². The molecule has 0 N–H and O–H groups in total. The van der Waals surface area contributed by atoms with E-state index in [1.165, 1.54) is 12.4 Å². The zero-order valence-corrected chi connectivity index (χ0v) is 16.3. The van der Waals surface area contributed by atoms with E-state index in [1.54, 1.807) is 23.9 Å². The molecule has 0 aliphatic carbocycles. The molecule has 1 aromatic carbocycles. The van der Waals surface area contributed by atoms with Gasteiger partial charge in [-0.2, -0.15) is 0 Å². The molecule has 27 heavy (non-hydrogen) atoms. The molecule has 1 aliphatic heterocycles. The van der Waals surface area contributed by atoms with Crippen molar-refractivity contribution < 1.29 is 4.74 Å². The summed E-state index contributed by atoms with van der Waals surface area (Å²) >= 11 is 3.46. The van der Waals surface area contributed by atoms with Gasteiger partial charge in [-0.25, -0.2) is 15.0 Å². The summed E-state index contributed by atoms with van der Waals surface area (Å²) in [5.41, 5.74) is 2.14. The molecule has 138 valence electrons. The molecule has 7 nitrogen and oxygen atoms in total. The van der Waals surface area contributed by atoms with Gasteiger partial charge >= 0.3 is 0 Å². The maximum Gasteiger partial charge on any atom is 0.255 e. The highest BCUT2D eigenvalue weighted by Gasteiger charge is 2.25. The van der Waals surface area contributed by atoms with E-state index in [0.717, 1.165) is 10.0 Å². The molecule has 8 heteroatoms. The molecule has 0 spiro atoms. The van der Waals surface area contributed by atoms with Gasteiger partial charge in [0.2, 0.25) is 5.95 Å². The fourth-order valence-electron chi connectivity index (χ4n) is 3.09. The molecule has 2 aromatic heterocycles. The average Bonchev–Trinajstić information content (AvgIpc) is 2.71. The Morgan fingerprint density at radius 3 is 2.74 bits per heavy atom. The van der Waals surface area contributed by atoms with Crippen molar-refractivity contribution in [1.29, 1.82) is 0 Å². The Morgan fingerprint density at radius 2 is 2.00 bits per heavy atom. The summed E-state index contributed by atoms with van der Waals surface area (Å²) in [5, 5.41) is 0. The molecule has 1 saturated heterocycles. The molecular weight excluding hydrogens is 410 g/mol. The first-order valence-corrected chi connectivity index (χ1v) is 9.37. The number of halogens is 1. The smallest absolute Gasteiger partial charge is 0.255 e. The monoisotopic (exact) mass is 427 g/mol. The van der Waals surface area contributed by atoms with E-state index in [9.17, 15) is 4.79 Å². The van der Waals surface area contributed by atoms with Crippen LogP contribution in [-0.2, 0) is 11.8 Å². The van der Waals surface area contributed by atoms with Crippen molar-refractivity contribution >= 4 is 21.9 Å². The van der Waals surface area contributed by atoms with Gasteiger partial charge in [0.05, 0.1) is 24.5 Å². The molecular formula is C19H18BrN5O2. The van der Waals surface area contributed by atoms with E-state index in [4.69, 9.17) is 9.72 Å². The average molecular weight is 428 g/mol. The molecule has 3 heterocycles. The van der Waals surface area contributed by atoms with E-state index >= 15 is 0 Å². The number of nitrogens with zero attached hydrogens (tertiary/aromatic N) is 5. The number of hydrogen-bond donors (Lipinski definition) is 0. The molecule has 0 saturated carbocycles. The lowest BCUT2D eigenvalue weighted by Gasteiger charge is -2.34. The van der Waals surface area contributed by atoms with Gasteiger partial charge in [-0.3, -0.25) is 9.36 Å². The van der Waals surface area contributed by atoms with Crippen LogP contribution in [0.3, 0.4) is 0 Å². The zero-order chi connectivity index (χ0) is 18.8. The second kappa shape index (κ2) is 7.58. The normalized spacial score (nSPS) is 17.1. The third kappa shape index (κ3) is 3.77. The Bertz CT molecular complexity index is 991. The molecule has 1 aliphatic rings. The summed E-state index contributed by atoms with van der Waals surface area (Å²) in [4.78, 5) is 27.4. The van der Waals surface area contributed by atoms with Gasteiger partial charge in [-0.05, 0) is 23.8 Å². The first-order chi connectivity index (χ1) is 13.1. The minimum atomic E-state index is -0.125. The maximum absolute atomic E-state index is 12.5. The van der Waals surface area contributed by atoms with Crippen molar-refractivity contribution in [3.05, 3.63) is 69.3 Å². The number of ether oxygens (including phenoxy) is 1. The fourth-order valence-corrected chi connectivity index (χ4v) is 3.36. The Balaban J connectivity index is 1.67. The number of anilines is 1. The summed E-state index contributed by atoms with van der Waals surface area (Å²) in [6.45, 7) is 1.85. The molecule has 0 amide bonds. The van der Waals surface area contributed by atoms with Gasteiger partial charge in [-0.1, -0.05) is 28.1 Å². The first kappa shape index (κ1) is 17.8. The summed E-state index contributed by atoms with van der Waals surface area (Å²) < 4.78 is 8.54. The number of morpholine rings is 1. The highest BCUT2D eigenvalue weighted by Crippen LogP contribution is 2.26. The Kier molecular flexibility index (Phi) is 5.00. The molecule has 1 atom stereocenters. The third-order valence-electron chi connectivity index (χ3n) is 4.55. The van der Waals surface area contributed by atoms with E-state index in [0.29, 0.717) is 37.0 Å². The van der Waals surface area contributed by atoms with Crippen LogP contribution in [0.15, 0.2) is 58.2 Å². The van der Waals surface area contributed by atoms with E-state index in [-0.39, 0.29) is 11.7 Å². The van der Waals surface area contributed by atoms with Crippen LogP contribution in [0.25, 0.3) is 11.4 Å². The SMILES string of the molecule is Cn1c(N2CCOC(c3ccc(Br)cc3)C2)nc(-c2ccncn2)cc1=O. The van der Waals surface area contributed by atoms with Crippen LogP contribution in [0.4, 0.5) is 5.95 Å². The highest BCUT2D eigenvalue weighted by atomic mass is 79.9. The van der Waals surface area contributed by atoms with Crippen molar-refractivity contribution in [3.63, 3.8) is 0 Å². The molecule has 3 aromatic rings. The van der Waals surface area contributed by atoms with Crippen LogP contribution in [0.5, 0.6) is 0 Å². The number of rotatable bonds is 3. The molecule has 0 bridgehead atoms. The predicted octanol–water partition coefficient (Wildman–Crippen LogP) is 2.58. The third-order valence-corrected chi connectivity index (χ3v) is 5.08. The Labute approximate surface area is 164 Å². The minimum absolute atomic E-state index is 0.0774. The van der Waals surface area contributed by atoms with Gasteiger partial charge in [0, 0.05) is 30.3 Å². The lowest BCUT2D eigenvalue weighted by atomic mass is 10.1. The van der Waals surface area contributed by atoms with E-state index in [1.807, 2.05) is 24.3 Å². The lowest BCUT2D eigenvalue weighted by Crippen LogP contribution is -2.41. The minimum Gasteiger partial charge on any atom is -0.370 e. The van der Waals surface area contributed by atoms with E-state index < -0.39 is 0 Å². The highest BCUT2D eigenvalue weighted by molar-refractivity contribution is 9.10. The summed E-state index contributed by atoms with van der Waals surface area (Å²) in [7, 11) is 1.73. The maximum atomic E-state index is 12.5. The van der Waals surface area contributed by atoms with Crippen LogP contribution in [-0.4, -0.2) is 39.2 Å². The van der Waals surface area contributed by atoms with E-state index in [2.05, 4.69) is 30.8 Å². The van der Waals surface area contributed by atoms with Gasteiger partial charge in [-0.15, -0.1) is 0 Å². The van der Waals surface area contributed by atoms with Gasteiger partial charge < -0.3 is 9.64 Å². The van der Waals surface area contributed by atoms with Crippen molar-refractivity contribution in [1.82, 2.24) is 19.5 Å². The summed E-state index contributed by atoms with van der Waals surface area (Å²) in [5.74, 6) is 0.613. The van der Waals surface area contributed by atoms with Crippen LogP contribution in [0.1, 0.15) is 11.7 Å². The second-order valence-electron chi connectivity index (χ2n) is 6.29. The van der Waals surface area contributed by atoms with Crippen LogP contribution >= 0.6 is 15.9 Å². The first-order valence-electron chi connectivity index (χ1n) is 8.58. The largest absolute Gasteiger partial charge is 0.370 e. The molecule has 1 fully saturated rings. The van der Waals surface area contributed by atoms with Crippen LogP contribution < -0.4 is 10.5 Å². The van der Waals surface area contributed by atoms with Crippen molar-refractivity contribution in [2.24, 2.45) is 7.05 Å². The Hall–Kier alpha value is -2.58. The molecule has 0 radical (unpaired) electrons. The molecule has 1 unspecified atom stereocenters. The zero-order valence-electron chi connectivity index (χ0n) is 14.7. The number of benzene rings is 1. The van der Waals surface area contributed by atoms with Crippen LogP contribution in [0, 0.1) is 0 Å². The fraction of sp³-hybridized carbons (Fsp3) is 0.263. The predicted molar refractivity (Wildman–Crippen MR) is 106 cm³/mol. The lowest BCUT2D eigenvalue weighted by molar-refractivity contribution is 0.0389.